The molecule has 0 radical (unpaired) electrons. The maximum atomic E-state index is 2.64. The van der Waals surface area contributed by atoms with E-state index in [1.54, 1.807) is 10.4 Å². The van der Waals surface area contributed by atoms with Crippen molar-refractivity contribution in [2.75, 3.05) is 0 Å². The van der Waals surface area contributed by atoms with Gasteiger partial charge in [0.05, 0.1) is 0 Å². The summed E-state index contributed by atoms with van der Waals surface area (Å²) >= 11 is 0. The predicted molar refractivity (Wildman–Crippen MR) is 234 cm³/mol. The van der Waals surface area contributed by atoms with Gasteiger partial charge in [0, 0.05) is 5.92 Å². The normalized spacial score (nSPS) is 16.1. The summed E-state index contributed by atoms with van der Waals surface area (Å²) in [4.78, 5) is 0. The van der Waals surface area contributed by atoms with Gasteiger partial charge >= 0.3 is 0 Å². The Morgan fingerprint density at radius 3 is 1.79 bits per heavy atom. The van der Waals surface area contributed by atoms with E-state index in [2.05, 4.69) is 194 Å². The Hall–Kier alpha value is -4.98. The molecule has 1 aliphatic carbocycles. The number of hydrogen-bond donors (Lipinski definition) is 0. The molecule has 0 saturated heterocycles. The van der Waals surface area contributed by atoms with E-state index in [0.29, 0.717) is 0 Å². The Kier molecular flexibility index (Phi) is 7.67. The van der Waals surface area contributed by atoms with Gasteiger partial charge in [0.15, 0.2) is 0 Å². The Morgan fingerprint density at radius 1 is 0.528 bits per heavy atom. The average molecular weight is 703 g/mol. The van der Waals surface area contributed by atoms with Crippen LogP contribution >= 0.6 is 0 Å². The quantitative estimate of drug-likeness (QED) is 0.161. The molecule has 1 heterocycles. The number of benzene rings is 7. The van der Waals surface area contributed by atoms with Crippen LogP contribution in [0.15, 0.2) is 133 Å². The summed E-state index contributed by atoms with van der Waals surface area (Å²) in [6.45, 7) is 19.0. The summed E-state index contributed by atoms with van der Waals surface area (Å²) in [5, 5.41) is 8.52. The van der Waals surface area contributed by atoms with E-state index in [1.165, 1.54) is 82.7 Å². The summed E-state index contributed by atoms with van der Waals surface area (Å²) in [6.07, 6.45) is 5.93. The van der Waals surface area contributed by atoms with Gasteiger partial charge in [-0.05, 0) is 116 Å². The fourth-order valence-corrected chi connectivity index (χ4v) is 12.4. The molecule has 1 unspecified atom stereocenters. The van der Waals surface area contributed by atoms with Crippen LogP contribution in [0.3, 0.4) is 0 Å². The van der Waals surface area contributed by atoms with Gasteiger partial charge in [0.25, 0.3) is 0 Å². The van der Waals surface area contributed by atoms with Gasteiger partial charge in [-0.25, -0.2) is 0 Å². The first kappa shape index (κ1) is 33.8. The largest absolute Gasteiger partial charge is 0.113 e. The van der Waals surface area contributed by atoms with Crippen LogP contribution < -0.4 is 10.4 Å². The van der Waals surface area contributed by atoms with Gasteiger partial charge in [-0.1, -0.05) is 188 Å². The van der Waals surface area contributed by atoms with Crippen LogP contribution in [0.5, 0.6) is 0 Å². The topological polar surface area (TPSA) is 0 Å². The van der Waals surface area contributed by atoms with Crippen molar-refractivity contribution < 1.29 is 0 Å². The lowest BCUT2D eigenvalue weighted by molar-refractivity contribution is 0.590. The highest BCUT2D eigenvalue weighted by Crippen LogP contribution is 2.49. The van der Waals surface area contributed by atoms with Crippen molar-refractivity contribution in [3.8, 4) is 33.4 Å². The van der Waals surface area contributed by atoms with Crippen molar-refractivity contribution in [3.05, 3.63) is 161 Å². The molecule has 0 fully saturated rings. The molecule has 9 rings (SSSR count). The highest BCUT2D eigenvalue weighted by atomic mass is 28.3. The molecule has 1 aliphatic heterocycles. The van der Waals surface area contributed by atoms with E-state index in [-0.39, 0.29) is 16.7 Å². The lowest BCUT2D eigenvalue weighted by Gasteiger charge is -2.29. The number of fused-ring (bicyclic) bond motifs is 6. The molecule has 7 aromatic rings. The van der Waals surface area contributed by atoms with E-state index >= 15 is 0 Å². The SMILES string of the molecule is CC(C)(C)c1ccc(-c2c3c(c(-c4ccc(C(C)(C)C)cc4)c4cc5c(cc24)-c2ccccc2[Si]5(C)C)CC(c2cccc4ccccc24)C=C3)cc1. The van der Waals surface area contributed by atoms with Crippen molar-refractivity contribution in [2.45, 2.75) is 77.8 Å². The second kappa shape index (κ2) is 12.0. The number of rotatable bonds is 3. The van der Waals surface area contributed by atoms with Crippen molar-refractivity contribution in [2.24, 2.45) is 0 Å². The van der Waals surface area contributed by atoms with E-state index in [4.69, 9.17) is 0 Å². The summed E-state index contributed by atoms with van der Waals surface area (Å²) in [5.74, 6) is 0.277. The first-order chi connectivity index (χ1) is 25.3. The van der Waals surface area contributed by atoms with Gasteiger partial charge < -0.3 is 0 Å². The van der Waals surface area contributed by atoms with Gasteiger partial charge in [0.2, 0.25) is 0 Å². The van der Waals surface area contributed by atoms with Crippen molar-refractivity contribution in [1.29, 1.82) is 0 Å². The minimum absolute atomic E-state index is 0.0908. The van der Waals surface area contributed by atoms with Gasteiger partial charge in [-0.3, -0.25) is 0 Å². The molecule has 0 aromatic heterocycles. The third-order valence-corrected chi connectivity index (χ3v) is 15.9. The molecule has 1 atom stereocenters. The maximum absolute atomic E-state index is 2.64. The van der Waals surface area contributed by atoms with Crippen LogP contribution in [0.4, 0.5) is 0 Å². The molecule has 0 saturated carbocycles. The van der Waals surface area contributed by atoms with Gasteiger partial charge in [-0.15, -0.1) is 0 Å². The molecule has 2 aliphatic rings. The molecule has 0 amide bonds. The molecule has 53 heavy (non-hydrogen) atoms. The zero-order chi connectivity index (χ0) is 36.9. The second-order valence-electron chi connectivity index (χ2n) is 18.1. The second-order valence-corrected chi connectivity index (χ2v) is 22.5. The maximum Gasteiger partial charge on any atom is 0.113 e. The molecule has 7 aromatic carbocycles. The van der Waals surface area contributed by atoms with E-state index in [9.17, 15) is 0 Å². The van der Waals surface area contributed by atoms with E-state index < -0.39 is 8.07 Å². The predicted octanol–water partition coefficient (Wildman–Crippen LogP) is 13.1. The fraction of sp³-hybridized carbons (Fsp3) is 0.231. The molecule has 0 nitrogen and oxygen atoms in total. The highest BCUT2D eigenvalue weighted by molar-refractivity contribution is 7.04. The van der Waals surface area contributed by atoms with Crippen LogP contribution in [0.25, 0.3) is 61.0 Å². The molecule has 1 heteroatoms. The molecular formula is C52H50Si. The molecular weight excluding hydrogens is 653 g/mol. The Labute approximate surface area is 317 Å². The molecule has 0 N–H and O–H groups in total. The van der Waals surface area contributed by atoms with Crippen LogP contribution in [0.2, 0.25) is 13.1 Å². The Bertz CT molecular complexity index is 2600. The van der Waals surface area contributed by atoms with Crippen molar-refractivity contribution >= 4 is 46.1 Å². The van der Waals surface area contributed by atoms with Gasteiger partial charge in [-0.2, -0.15) is 0 Å². The number of hydrogen-bond acceptors (Lipinski definition) is 0. The summed E-state index contributed by atoms with van der Waals surface area (Å²) in [6, 6.07) is 49.2. The zero-order valence-electron chi connectivity index (χ0n) is 32.6. The molecule has 262 valence electrons. The molecule has 0 bridgehead atoms. The Balaban J connectivity index is 1.38. The summed E-state index contributed by atoms with van der Waals surface area (Å²) in [7, 11) is -1.93. The third-order valence-electron chi connectivity index (χ3n) is 12.4. The van der Waals surface area contributed by atoms with E-state index in [0.717, 1.165) is 6.42 Å². The van der Waals surface area contributed by atoms with E-state index in [1.807, 2.05) is 0 Å². The minimum atomic E-state index is -1.93. The van der Waals surface area contributed by atoms with Crippen LogP contribution in [0.1, 0.15) is 75.3 Å². The number of allylic oxidation sites excluding steroid dienone is 1. The monoisotopic (exact) mass is 702 g/mol. The summed E-state index contributed by atoms with van der Waals surface area (Å²) < 4.78 is 0. The average Bonchev–Trinajstić information content (AvgIpc) is 3.37. The lowest BCUT2D eigenvalue weighted by Crippen LogP contribution is -2.49. The third kappa shape index (κ3) is 5.47. The zero-order valence-corrected chi connectivity index (χ0v) is 33.6. The first-order valence-corrected chi connectivity index (χ1v) is 22.5. The van der Waals surface area contributed by atoms with Crippen LogP contribution in [0, 0.1) is 0 Å². The summed E-state index contributed by atoms with van der Waals surface area (Å²) in [5.41, 5.74) is 15.4. The fourth-order valence-electron chi connectivity index (χ4n) is 9.35. The van der Waals surface area contributed by atoms with Gasteiger partial charge in [0.1, 0.15) is 8.07 Å². The first-order valence-electron chi connectivity index (χ1n) is 19.5. The standard InChI is InChI=1S/C52H50Si/c1-51(2,3)37-25-20-34(21-26-37)49-42-29-24-36(40-18-13-15-33-14-9-10-16-39(33)40)30-44(42)50(35-22-27-38(28-23-35)52(4,5)6)46-32-48-43(31-45(46)49)41-17-11-12-19-47(41)53(48,7)8/h9-29,31-32,36H,30H2,1-8H3. The minimum Gasteiger partial charge on any atom is -0.0760 e. The van der Waals surface area contributed by atoms with Crippen LogP contribution in [-0.2, 0) is 17.3 Å². The Morgan fingerprint density at radius 2 is 1.11 bits per heavy atom. The lowest BCUT2D eigenvalue weighted by atomic mass is 9.75. The van der Waals surface area contributed by atoms with Crippen molar-refractivity contribution in [3.63, 3.8) is 0 Å². The smallest absolute Gasteiger partial charge is 0.0760 e. The van der Waals surface area contributed by atoms with Crippen molar-refractivity contribution in [1.82, 2.24) is 0 Å². The highest BCUT2D eigenvalue weighted by Gasteiger charge is 2.38. The molecule has 0 spiro atoms. The van der Waals surface area contributed by atoms with Crippen LogP contribution in [-0.4, -0.2) is 8.07 Å².